The molecule has 0 aliphatic carbocycles. The van der Waals surface area contributed by atoms with Gasteiger partial charge in [0.25, 0.3) is 0 Å². The van der Waals surface area contributed by atoms with E-state index in [2.05, 4.69) is 25.8 Å². The number of carboxylic acids is 1. The van der Waals surface area contributed by atoms with Gasteiger partial charge in [-0.15, -0.1) is 0 Å². The van der Waals surface area contributed by atoms with Gasteiger partial charge in [0.15, 0.2) is 0 Å². The molecule has 0 aromatic carbocycles. The van der Waals surface area contributed by atoms with Crippen LogP contribution in [0.3, 0.4) is 0 Å². The molecule has 18 heavy (non-hydrogen) atoms. The van der Waals surface area contributed by atoms with Gasteiger partial charge in [-0.25, -0.2) is 4.98 Å². The number of rotatable bonds is 5. The highest BCUT2D eigenvalue weighted by Crippen LogP contribution is 2.23. The molecule has 1 rings (SSSR count). The van der Waals surface area contributed by atoms with Crippen LogP contribution in [0.15, 0.2) is 10.6 Å². The van der Waals surface area contributed by atoms with E-state index >= 15 is 0 Å². The van der Waals surface area contributed by atoms with Crippen molar-refractivity contribution in [3.63, 3.8) is 0 Å². The molecule has 0 amide bonds. The van der Waals surface area contributed by atoms with E-state index < -0.39 is 11.9 Å². The third kappa shape index (κ3) is 4.14. The van der Waals surface area contributed by atoms with Gasteiger partial charge in [0.05, 0.1) is 18.7 Å². The zero-order chi connectivity index (χ0) is 13.9. The van der Waals surface area contributed by atoms with E-state index in [-0.39, 0.29) is 5.41 Å². The fraction of sp³-hybridized carbons (Fsp3) is 0.692. The summed E-state index contributed by atoms with van der Waals surface area (Å²) in [5.74, 6) is 0.286. The number of oxazole rings is 1. The molecule has 0 aliphatic rings. The Hall–Kier alpha value is -1.36. The molecule has 1 aromatic heterocycles. The van der Waals surface area contributed by atoms with Gasteiger partial charge < -0.3 is 9.52 Å². The molecule has 0 saturated carbocycles. The van der Waals surface area contributed by atoms with Gasteiger partial charge >= 0.3 is 5.97 Å². The van der Waals surface area contributed by atoms with Crippen molar-refractivity contribution in [3.05, 3.63) is 17.8 Å². The highest BCUT2D eigenvalue weighted by atomic mass is 16.4. The first-order chi connectivity index (χ1) is 8.20. The second-order valence-electron chi connectivity index (χ2n) is 5.80. The Bertz CT molecular complexity index is 407. The Morgan fingerprint density at radius 1 is 1.56 bits per heavy atom. The Morgan fingerprint density at radius 3 is 2.61 bits per heavy atom. The minimum atomic E-state index is -0.787. The van der Waals surface area contributed by atoms with E-state index in [0.29, 0.717) is 19.0 Å². The first kappa shape index (κ1) is 14.7. The average molecular weight is 254 g/mol. The molecule has 1 heterocycles. The summed E-state index contributed by atoms with van der Waals surface area (Å²) in [6.07, 6.45) is 1.74. The van der Waals surface area contributed by atoms with Crippen LogP contribution in [-0.4, -0.2) is 34.6 Å². The lowest BCUT2D eigenvalue weighted by molar-refractivity contribution is -0.141. The zero-order valence-corrected chi connectivity index (χ0v) is 11.7. The standard InChI is InChI=1S/C13H22N2O3/c1-9(12(16)17)7-15(5)8-11-14-6-10(18-11)13(2,3)4/h6,9H,7-8H2,1-5H3,(H,16,17). The monoisotopic (exact) mass is 254 g/mol. The minimum Gasteiger partial charge on any atom is -0.481 e. The van der Waals surface area contributed by atoms with Crippen molar-refractivity contribution in [2.24, 2.45) is 5.92 Å². The Balaban J connectivity index is 2.57. The zero-order valence-electron chi connectivity index (χ0n) is 11.7. The molecule has 0 fully saturated rings. The normalized spacial score (nSPS) is 13.9. The minimum absolute atomic E-state index is 0.0574. The number of carboxylic acid groups (broad SMARTS) is 1. The topological polar surface area (TPSA) is 66.6 Å². The van der Waals surface area contributed by atoms with Crippen LogP contribution in [0.5, 0.6) is 0 Å². The van der Waals surface area contributed by atoms with Gasteiger partial charge in [-0.3, -0.25) is 9.69 Å². The number of hydrogen-bond acceptors (Lipinski definition) is 4. The van der Waals surface area contributed by atoms with Crippen LogP contribution in [0.2, 0.25) is 0 Å². The smallest absolute Gasteiger partial charge is 0.307 e. The van der Waals surface area contributed by atoms with Crippen LogP contribution in [0.1, 0.15) is 39.3 Å². The SMILES string of the molecule is CC(CN(C)Cc1ncc(C(C)(C)C)o1)C(=O)O. The largest absolute Gasteiger partial charge is 0.481 e. The van der Waals surface area contributed by atoms with Crippen LogP contribution in [0.4, 0.5) is 0 Å². The maximum atomic E-state index is 10.8. The van der Waals surface area contributed by atoms with E-state index in [1.54, 1.807) is 13.1 Å². The van der Waals surface area contributed by atoms with Gasteiger partial charge in [-0.2, -0.15) is 0 Å². The van der Waals surface area contributed by atoms with Crippen LogP contribution in [0, 0.1) is 5.92 Å². The summed E-state index contributed by atoms with van der Waals surface area (Å²) < 4.78 is 5.66. The third-order valence-electron chi connectivity index (χ3n) is 2.71. The number of aliphatic carboxylic acids is 1. The summed E-state index contributed by atoms with van der Waals surface area (Å²) in [6, 6.07) is 0. The van der Waals surface area contributed by atoms with Crippen molar-refractivity contribution in [1.82, 2.24) is 9.88 Å². The molecule has 5 nitrogen and oxygen atoms in total. The number of carbonyl (C=O) groups is 1. The molecule has 1 atom stereocenters. The fourth-order valence-corrected chi connectivity index (χ4v) is 1.57. The lowest BCUT2D eigenvalue weighted by atomic mass is 9.94. The average Bonchev–Trinajstić information content (AvgIpc) is 2.64. The molecule has 1 N–H and O–H groups in total. The summed E-state index contributed by atoms with van der Waals surface area (Å²) in [4.78, 5) is 16.9. The lowest BCUT2D eigenvalue weighted by Crippen LogP contribution is -2.28. The van der Waals surface area contributed by atoms with Gasteiger partial charge in [0, 0.05) is 12.0 Å². The highest BCUT2D eigenvalue weighted by Gasteiger charge is 2.20. The highest BCUT2D eigenvalue weighted by molar-refractivity contribution is 5.69. The van der Waals surface area contributed by atoms with Crippen molar-refractivity contribution in [2.45, 2.75) is 39.7 Å². The molecule has 102 valence electrons. The second kappa shape index (κ2) is 5.52. The summed E-state index contributed by atoms with van der Waals surface area (Å²) in [5.41, 5.74) is -0.0574. The lowest BCUT2D eigenvalue weighted by Gasteiger charge is -2.17. The summed E-state index contributed by atoms with van der Waals surface area (Å²) in [7, 11) is 1.86. The van der Waals surface area contributed by atoms with Crippen LogP contribution in [0.25, 0.3) is 0 Å². The van der Waals surface area contributed by atoms with Gasteiger partial charge in [0.1, 0.15) is 5.76 Å². The van der Waals surface area contributed by atoms with E-state index in [0.717, 1.165) is 5.76 Å². The number of nitrogens with zero attached hydrogens (tertiary/aromatic N) is 2. The van der Waals surface area contributed by atoms with Crippen LogP contribution < -0.4 is 0 Å². The molecule has 5 heteroatoms. The molecule has 1 unspecified atom stereocenters. The second-order valence-corrected chi connectivity index (χ2v) is 5.80. The number of hydrogen-bond donors (Lipinski definition) is 1. The predicted octanol–water partition coefficient (Wildman–Crippen LogP) is 2.12. The Morgan fingerprint density at radius 2 is 2.17 bits per heavy atom. The molecular formula is C13H22N2O3. The van der Waals surface area contributed by atoms with Crippen LogP contribution in [-0.2, 0) is 16.8 Å². The maximum absolute atomic E-state index is 10.8. The van der Waals surface area contributed by atoms with Crippen molar-refractivity contribution in [2.75, 3.05) is 13.6 Å². The van der Waals surface area contributed by atoms with Gasteiger partial charge in [-0.05, 0) is 7.05 Å². The maximum Gasteiger partial charge on any atom is 0.307 e. The van der Waals surface area contributed by atoms with Crippen molar-refractivity contribution in [3.8, 4) is 0 Å². The first-order valence-corrected chi connectivity index (χ1v) is 6.06. The summed E-state index contributed by atoms with van der Waals surface area (Å²) in [6.45, 7) is 8.87. The number of aromatic nitrogens is 1. The van der Waals surface area contributed by atoms with Gasteiger partial charge in [-0.1, -0.05) is 27.7 Å². The van der Waals surface area contributed by atoms with Crippen molar-refractivity contribution in [1.29, 1.82) is 0 Å². The fourth-order valence-electron chi connectivity index (χ4n) is 1.57. The molecule has 0 saturated heterocycles. The molecule has 0 radical (unpaired) electrons. The Kier molecular flexibility index (Phi) is 4.51. The molecular weight excluding hydrogens is 232 g/mol. The molecule has 0 aliphatic heterocycles. The molecule has 0 spiro atoms. The van der Waals surface area contributed by atoms with Crippen molar-refractivity contribution < 1.29 is 14.3 Å². The predicted molar refractivity (Wildman–Crippen MR) is 68.3 cm³/mol. The van der Waals surface area contributed by atoms with Crippen LogP contribution >= 0.6 is 0 Å². The third-order valence-corrected chi connectivity index (χ3v) is 2.71. The van der Waals surface area contributed by atoms with E-state index in [1.165, 1.54) is 0 Å². The summed E-state index contributed by atoms with van der Waals surface area (Å²) >= 11 is 0. The van der Waals surface area contributed by atoms with E-state index in [1.807, 2.05) is 11.9 Å². The van der Waals surface area contributed by atoms with E-state index in [4.69, 9.17) is 9.52 Å². The Labute approximate surface area is 108 Å². The quantitative estimate of drug-likeness (QED) is 0.871. The van der Waals surface area contributed by atoms with Gasteiger partial charge in [0.2, 0.25) is 5.89 Å². The van der Waals surface area contributed by atoms with E-state index in [9.17, 15) is 4.79 Å². The van der Waals surface area contributed by atoms with Crippen molar-refractivity contribution >= 4 is 5.97 Å². The first-order valence-electron chi connectivity index (χ1n) is 6.06. The molecule has 1 aromatic rings. The molecule has 0 bridgehead atoms. The summed E-state index contributed by atoms with van der Waals surface area (Å²) in [5, 5.41) is 8.84.